The van der Waals surface area contributed by atoms with E-state index in [1.165, 1.54) is 38.5 Å². The summed E-state index contributed by atoms with van der Waals surface area (Å²) in [7, 11) is 3.03. The number of carbonyl (C=O) groups excluding carboxylic acids is 2. The first-order chi connectivity index (χ1) is 14.5. The molecule has 0 radical (unpaired) electrons. The van der Waals surface area contributed by atoms with Gasteiger partial charge in [0.15, 0.2) is 24.7 Å². The first-order valence-electron chi connectivity index (χ1n) is 8.69. The molecule has 0 spiro atoms. The second-order valence-corrected chi connectivity index (χ2v) is 5.93. The summed E-state index contributed by atoms with van der Waals surface area (Å²) in [4.78, 5) is 24.8. The molecule has 156 valence electrons. The number of methoxy groups -OCH3 is 2. The quantitative estimate of drug-likeness (QED) is 0.552. The fourth-order valence-corrected chi connectivity index (χ4v) is 2.44. The lowest BCUT2D eigenvalue weighted by Gasteiger charge is -2.07. The Hall–Kier alpha value is -4.02. The number of hydrogen-bond donors (Lipinski definition) is 1. The van der Waals surface area contributed by atoms with E-state index in [1.54, 1.807) is 18.2 Å². The maximum Gasteiger partial charge on any atom is 0.330 e. The molecule has 30 heavy (non-hydrogen) atoms. The van der Waals surface area contributed by atoms with Crippen molar-refractivity contribution in [1.82, 2.24) is 20.2 Å². The van der Waals surface area contributed by atoms with Crippen LogP contribution in [0, 0.1) is 5.82 Å². The molecule has 10 nitrogen and oxygen atoms in total. The van der Waals surface area contributed by atoms with Crippen molar-refractivity contribution in [2.75, 3.05) is 26.1 Å². The van der Waals surface area contributed by atoms with Gasteiger partial charge in [0.1, 0.15) is 5.82 Å². The summed E-state index contributed by atoms with van der Waals surface area (Å²) in [6.07, 6.45) is 0. The van der Waals surface area contributed by atoms with Crippen molar-refractivity contribution in [3.05, 3.63) is 48.3 Å². The largest absolute Gasteiger partial charge is 0.493 e. The molecule has 0 aliphatic heterocycles. The number of tetrazole rings is 1. The number of halogens is 1. The first-order valence-corrected chi connectivity index (χ1v) is 8.69. The Morgan fingerprint density at radius 1 is 1.07 bits per heavy atom. The Kier molecular flexibility index (Phi) is 6.53. The molecule has 2 aromatic carbocycles. The number of hydrogen-bond acceptors (Lipinski definition) is 8. The Morgan fingerprint density at radius 2 is 1.80 bits per heavy atom. The highest BCUT2D eigenvalue weighted by Crippen LogP contribution is 2.30. The highest BCUT2D eigenvalue weighted by atomic mass is 19.1. The minimum absolute atomic E-state index is 0.276. The number of esters is 1. The Labute approximate surface area is 170 Å². The molecule has 0 atom stereocenters. The van der Waals surface area contributed by atoms with Crippen molar-refractivity contribution in [3.8, 4) is 22.9 Å². The third-order valence-electron chi connectivity index (χ3n) is 3.86. The van der Waals surface area contributed by atoms with Crippen molar-refractivity contribution in [2.45, 2.75) is 6.54 Å². The third-order valence-corrected chi connectivity index (χ3v) is 3.86. The first kappa shape index (κ1) is 20.7. The van der Waals surface area contributed by atoms with Crippen LogP contribution in [0.2, 0.25) is 0 Å². The summed E-state index contributed by atoms with van der Waals surface area (Å²) in [5.74, 6) is -0.382. The molecule has 11 heteroatoms. The second kappa shape index (κ2) is 9.45. The number of carbonyl (C=O) groups is 2. The highest BCUT2D eigenvalue weighted by Gasteiger charge is 2.14. The lowest BCUT2D eigenvalue weighted by atomic mass is 10.2. The van der Waals surface area contributed by atoms with Crippen LogP contribution in [0.4, 0.5) is 10.1 Å². The molecule has 1 heterocycles. The minimum Gasteiger partial charge on any atom is -0.493 e. The lowest BCUT2D eigenvalue weighted by Crippen LogP contribution is -2.23. The van der Waals surface area contributed by atoms with Crippen LogP contribution in [0.5, 0.6) is 11.5 Å². The molecular formula is C19H18FN5O5. The van der Waals surface area contributed by atoms with Crippen molar-refractivity contribution in [3.63, 3.8) is 0 Å². The summed E-state index contributed by atoms with van der Waals surface area (Å²) in [5, 5.41) is 14.3. The van der Waals surface area contributed by atoms with E-state index in [-0.39, 0.29) is 12.4 Å². The summed E-state index contributed by atoms with van der Waals surface area (Å²) >= 11 is 0. The van der Waals surface area contributed by atoms with Crippen molar-refractivity contribution >= 4 is 17.6 Å². The zero-order valence-electron chi connectivity index (χ0n) is 16.2. The Balaban J connectivity index is 1.53. The predicted molar refractivity (Wildman–Crippen MR) is 102 cm³/mol. The monoisotopic (exact) mass is 415 g/mol. The van der Waals surface area contributed by atoms with E-state index in [4.69, 9.17) is 14.2 Å². The molecule has 1 amide bonds. The lowest BCUT2D eigenvalue weighted by molar-refractivity contribution is -0.148. The number of benzene rings is 2. The topological polar surface area (TPSA) is 117 Å². The van der Waals surface area contributed by atoms with Crippen LogP contribution < -0.4 is 14.8 Å². The maximum absolute atomic E-state index is 12.9. The van der Waals surface area contributed by atoms with Crippen LogP contribution in [-0.2, 0) is 20.9 Å². The molecule has 1 aromatic heterocycles. The van der Waals surface area contributed by atoms with Gasteiger partial charge in [0.2, 0.25) is 5.82 Å². The zero-order valence-corrected chi connectivity index (χ0v) is 16.2. The molecule has 0 saturated carbocycles. The average molecular weight is 415 g/mol. The number of amides is 1. The van der Waals surface area contributed by atoms with Crippen LogP contribution in [-0.4, -0.2) is 52.9 Å². The van der Waals surface area contributed by atoms with E-state index in [1.807, 2.05) is 0 Å². The van der Waals surface area contributed by atoms with Crippen molar-refractivity contribution in [1.29, 1.82) is 0 Å². The number of aromatic nitrogens is 4. The van der Waals surface area contributed by atoms with Crippen molar-refractivity contribution in [2.24, 2.45) is 0 Å². The summed E-state index contributed by atoms with van der Waals surface area (Å²) < 4.78 is 28.2. The van der Waals surface area contributed by atoms with Gasteiger partial charge in [-0.1, -0.05) is 0 Å². The summed E-state index contributed by atoms with van der Waals surface area (Å²) in [6, 6.07) is 10.3. The minimum atomic E-state index is -0.722. The molecule has 3 aromatic rings. The van der Waals surface area contributed by atoms with Crippen LogP contribution >= 0.6 is 0 Å². The van der Waals surface area contributed by atoms with Crippen molar-refractivity contribution < 1.29 is 28.2 Å². The molecule has 0 aliphatic rings. The zero-order chi connectivity index (χ0) is 21.5. The summed E-state index contributed by atoms with van der Waals surface area (Å²) in [6.45, 7) is -0.836. The molecule has 0 unspecified atom stereocenters. The van der Waals surface area contributed by atoms with Gasteiger partial charge in [-0.25, -0.2) is 9.18 Å². The molecule has 3 rings (SSSR count). The van der Waals surface area contributed by atoms with Gasteiger partial charge in [0.05, 0.1) is 14.2 Å². The van der Waals surface area contributed by atoms with Gasteiger partial charge in [-0.3, -0.25) is 4.79 Å². The average Bonchev–Trinajstić information content (AvgIpc) is 3.21. The van der Waals surface area contributed by atoms with E-state index in [0.717, 1.165) is 4.80 Å². The molecule has 0 fully saturated rings. The summed E-state index contributed by atoms with van der Waals surface area (Å²) in [5.41, 5.74) is 1.00. The van der Waals surface area contributed by atoms with Gasteiger partial charge in [-0.2, -0.15) is 4.80 Å². The fraction of sp³-hybridized carbons (Fsp3) is 0.211. The van der Waals surface area contributed by atoms with E-state index in [0.29, 0.717) is 22.7 Å². The number of nitrogens with one attached hydrogen (secondary N) is 1. The van der Waals surface area contributed by atoms with Crippen LogP contribution in [0.3, 0.4) is 0 Å². The number of nitrogens with zero attached hydrogens (tertiary/aromatic N) is 4. The van der Waals surface area contributed by atoms with Gasteiger partial charge in [0.25, 0.3) is 5.91 Å². The number of ether oxygens (including phenoxy) is 3. The van der Waals surface area contributed by atoms with Crippen LogP contribution in [0.25, 0.3) is 11.4 Å². The molecule has 0 saturated heterocycles. The molecule has 0 bridgehead atoms. The van der Waals surface area contributed by atoms with E-state index in [2.05, 4.69) is 20.7 Å². The van der Waals surface area contributed by atoms with Gasteiger partial charge in [0, 0.05) is 11.3 Å². The Morgan fingerprint density at radius 3 is 2.50 bits per heavy atom. The molecule has 1 N–H and O–H groups in total. The molecular weight excluding hydrogens is 397 g/mol. The third kappa shape index (κ3) is 5.28. The fourth-order valence-electron chi connectivity index (χ4n) is 2.44. The smallest absolute Gasteiger partial charge is 0.330 e. The second-order valence-electron chi connectivity index (χ2n) is 5.93. The van der Waals surface area contributed by atoms with E-state index < -0.39 is 24.3 Å². The SMILES string of the molecule is COc1ccc(-c2nnn(CC(=O)OCC(=O)Nc3ccc(F)cc3)n2)cc1OC. The van der Waals surface area contributed by atoms with E-state index >= 15 is 0 Å². The highest BCUT2D eigenvalue weighted by molar-refractivity contribution is 5.92. The predicted octanol–water partition coefficient (Wildman–Crippen LogP) is 1.68. The molecule has 0 aliphatic carbocycles. The normalized spacial score (nSPS) is 10.4. The van der Waals surface area contributed by atoms with Gasteiger partial charge in [-0.05, 0) is 47.7 Å². The maximum atomic E-state index is 12.9. The standard InChI is InChI=1S/C19H18FN5O5/c1-28-15-8-3-12(9-16(15)29-2)19-22-24-25(23-19)10-18(27)30-11-17(26)21-14-6-4-13(20)5-7-14/h3-9H,10-11H2,1-2H3,(H,21,26). The van der Waals surface area contributed by atoms with Gasteiger partial charge < -0.3 is 19.5 Å². The van der Waals surface area contributed by atoms with Gasteiger partial charge in [-0.15, -0.1) is 10.2 Å². The number of rotatable bonds is 8. The van der Waals surface area contributed by atoms with Crippen LogP contribution in [0.1, 0.15) is 0 Å². The van der Waals surface area contributed by atoms with Crippen LogP contribution in [0.15, 0.2) is 42.5 Å². The van der Waals surface area contributed by atoms with Gasteiger partial charge >= 0.3 is 5.97 Å². The number of anilines is 1. The van der Waals surface area contributed by atoms with E-state index in [9.17, 15) is 14.0 Å². The Bertz CT molecular complexity index is 1040.